The Morgan fingerprint density at radius 3 is 2.93 bits per heavy atom. The molecule has 0 spiro atoms. The smallest absolute Gasteiger partial charge is 0.0705 e. The van der Waals surface area contributed by atoms with E-state index in [1.807, 2.05) is 0 Å². The molecular weight excluding hydrogens is 178 g/mol. The van der Waals surface area contributed by atoms with Crippen molar-refractivity contribution in [2.75, 3.05) is 13.2 Å². The molecule has 1 rings (SSSR count). The second-order valence-corrected chi connectivity index (χ2v) is 4.45. The lowest BCUT2D eigenvalue weighted by Crippen LogP contribution is -2.39. The van der Waals surface area contributed by atoms with Gasteiger partial charge in [0.1, 0.15) is 0 Å². The lowest BCUT2D eigenvalue weighted by Gasteiger charge is -2.29. The highest BCUT2D eigenvalue weighted by molar-refractivity contribution is 4.73. The Bertz CT molecular complexity index is 150. The fourth-order valence-corrected chi connectivity index (χ4v) is 1.60. The molecular formula is C11H23NO2. The summed E-state index contributed by atoms with van der Waals surface area (Å²) in [6.07, 6.45) is 3.66. The van der Waals surface area contributed by atoms with E-state index in [1.165, 1.54) is 0 Å². The summed E-state index contributed by atoms with van der Waals surface area (Å²) in [4.78, 5) is 5.42. The highest BCUT2D eigenvalue weighted by atomic mass is 16.6. The molecule has 2 atom stereocenters. The van der Waals surface area contributed by atoms with Crippen LogP contribution in [-0.2, 0) is 9.57 Å². The molecule has 2 unspecified atom stereocenters. The average Bonchev–Trinajstić information content (AvgIpc) is 2.18. The van der Waals surface area contributed by atoms with Crippen LogP contribution in [0.15, 0.2) is 0 Å². The molecule has 1 heterocycles. The third-order valence-electron chi connectivity index (χ3n) is 2.49. The zero-order chi connectivity index (χ0) is 10.4. The lowest BCUT2D eigenvalue weighted by molar-refractivity contribution is -0.0582. The van der Waals surface area contributed by atoms with Gasteiger partial charge in [-0.3, -0.25) is 0 Å². The molecule has 1 aliphatic rings. The van der Waals surface area contributed by atoms with E-state index in [0.717, 1.165) is 32.5 Å². The molecule has 0 saturated carbocycles. The van der Waals surface area contributed by atoms with Crippen molar-refractivity contribution in [3.8, 4) is 0 Å². The minimum absolute atomic E-state index is 0.420. The highest BCUT2D eigenvalue weighted by Gasteiger charge is 2.21. The van der Waals surface area contributed by atoms with Crippen molar-refractivity contribution in [3.05, 3.63) is 0 Å². The standard InChI is InChI=1S/C11H23NO2/c1-4-11-7-10(5-6-13-11)12-14-8-9(2)3/h9-12H,4-8H2,1-3H3. The zero-order valence-electron chi connectivity index (χ0n) is 9.58. The molecule has 1 N–H and O–H groups in total. The maximum Gasteiger partial charge on any atom is 0.0705 e. The van der Waals surface area contributed by atoms with Crippen molar-refractivity contribution in [1.82, 2.24) is 5.48 Å². The Labute approximate surface area is 87.1 Å². The Balaban J connectivity index is 2.11. The van der Waals surface area contributed by atoms with Gasteiger partial charge in [0.05, 0.1) is 12.7 Å². The molecule has 1 saturated heterocycles. The molecule has 3 nitrogen and oxygen atoms in total. The van der Waals surface area contributed by atoms with Gasteiger partial charge in [-0.05, 0) is 25.2 Å². The van der Waals surface area contributed by atoms with Crippen LogP contribution in [0.5, 0.6) is 0 Å². The number of ether oxygens (including phenoxy) is 1. The van der Waals surface area contributed by atoms with Gasteiger partial charge in [-0.2, -0.15) is 5.48 Å². The summed E-state index contributed by atoms with van der Waals surface area (Å²) < 4.78 is 5.59. The summed E-state index contributed by atoms with van der Waals surface area (Å²) in [6, 6.07) is 0.479. The van der Waals surface area contributed by atoms with Crippen LogP contribution in [-0.4, -0.2) is 25.4 Å². The van der Waals surface area contributed by atoms with Gasteiger partial charge >= 0.3 is 0 Å². The van der Waals surface area contributed by atoms with Gasteiger partial charge in [0.25, 0.3) is 0 Å². The maximum absolute atomic E-state index is 5.59. The predicted octanol–water partition coefficient (Wildman–Crippen LogP) is 2.12. The van der Waals surface area contributed by atoms with E-state index in [9.17, 15) is 0 Å². The minimum Gasteiger partial charge on any atom is -0.378 e. The fourth-order valence-electron chi connectivity index (χ4n) is 1.60. The van der Waals surface area contributed by atoms with Crippen LogP contribution in [0.4, 0.5) is 0 Å². The Hall–Kier alpha value is -0.120. The van der Waals surface area contributed by atoms with Crippen molar-refractivity contribution in [2.24, 2.45) is 5.92 Å². The predicted molar refractivity (Wildman–Crippen MR) is 57.0 cm³/mol. The van der Waals surface area contributed by atoms with E-state index in [1.54, 1.807) is 0 Å². The van der Waals surface area contributed by atoms with Gasteiger partial charge in [-0.25, -0.2) is 0 Å². The van der Waals surface area contributed by atoms with Crippen molar-refractivity contribution < 1.29 is 9.57 Å². The molecule has 0 bridgehead atoms. The summed E-state index contributed by atoms with van der Waals surface area (Å²) in [5.41, 5.74) is 3.14. The molecule has 1 aliphatic heterocycles. The largest absolute Gasteiger partial charge is 0.378 e. The van der Waals surface area contributed by atoms with E-state index in [2.05, 4.69) is 26.3 Å². The van der Waals surface area contributed by atoms with Crippen LogP contribution in [0.2, 0.25) is 0 Å². The van der Waals surface area contributed by atoms with Crippen molar-refractivity contribution in [1.29, 1.82) is 0 Å². The van der Waals surface area contributed by atoms with Crippen molar-refractivity contribution >= 4 is 0 Å². The summed E-state index contributed by atoms with van der Waals surface area (Å²) in [5.74, 6) is 0.587. The van der Waals surface area contributed by atoms with E-state index in [4.69, 9.17) is 9.57 Å². The molecule has 1 fully saturated rings. The van der Waals surface area contributed by atoms with Crippen LogP contribution in [0.1, 0.15) is 40.0 Å². The third-order valence-corrected chi connectivity index (χ3v) is 2.49. The molecule has 84 valence electrons. The molecule has 0 aromatic rings. The van der Waals surface area contributed by atoms with Crippen molar-refractivity contribution in [3.63, 3.8) is 0 Å². The minimum atomic E-state index is 0.420. The van der Waals surface area contributed by atoms with Gasteiger partial charge in [-0.15, -0.1) is 0 Å². The quantitative estimate of drug-likeness (QED) is 0.691. The molecule has 3 heteroatoms. The van der Waals surface area contributed by atoms with Crippen LogP contribution in [0, 0.1) is 5.92 Å². The van der Waals surface area contributed by atoms with Crippen LogP contribution < -0.4 is 5.48 Å². The zero-order valence-corrected chi connectivity index (χ0v) is 9.58. The van der Waals surface area contributed by atoms with E-state index in [0.29, 0.717) is 18.1 Å². The van der Waals surface area contributed by atoms with Gasteiger partial charge in [-0.1, -0.05) is 20.8 Å². The highest BCUT2D eigenvalue weighted by Crippen LogP contribution is 2.16. The number of hydrogen-bond donors (Lipinski definition) is 1. The summed E-state index contributed by atoms with van der Waals surface area (Å²) in [7, 11) is 0. The summed E-state index contributed by atoms with van der Waals surface area (Å²) >= 11 is 0. The Morgan fingerprint density at radius 1 is 1.50 bits per heavy atom. The number of hydrogen-bond acceptors (Lipinski definition) is 3. The van der Waals surface area contributed by atoms with E-state index in [-0.39, 0.29) is 0 Å². The fraction of sp³-hybridized carbons (Fsp3) is 1.00. The number of hydroxylamine groups is 1. The number of nitrogens with one attached hydrogen (secondary N) is 1. The third kappa shape index (κ3) is 4.40. The summed E-state index contributed by atoms with van der Waals surface area (Å²) in [5, 5.41) is 0. The second-order valence-electron chi connectivity index (χ2n) is 4.45. The summed E-state index contributed by atoms with van der Waals surface area (Å²) in [6.45, 7) is 8.12. The first-order valence-corrected chi connectivity index (χ1v) is 5.71. The van der Waals surface area contributed by atoms with Crippen LogP contribution >= 0.6 is 0 Å². The molecule has 0 aliphatic carbocycles. The van der Waals surface area contributed by atoms with E-state index < -0.39 is 0 Å². The molecule has 14 heavy (non-hydrogen) atoms. The maximum atomic E-state index is 5.59. The van der Waals surface area contributed by atoms with Gasteiger partial charge in [0, 0.05) is 12.6 Å². The topological polar surface area (TPSA) is 30.5 Å². The average molecular weight is 201 g/mol. The molecule has 0 amide bonds. The van der Waals surface area contributed by atoms with E-state index >= 15 is 0 Å². The van der Waals surface area contributed by atoms with Crippen LogP contribution in [0.3, 0.4) is 0 Å². The van der Waals surface area contributed by atoms with Gasteiger partial charge in [0.15, 0.2) is 0 Å². The first-order chi connectivity index (χ1) is 6.72. The van der Waals surface area contributed by atoms with Gasteiger partial charge in [0.2, 0.25) is 0 Å². The number of rotatable bonds is 5. The normalized spacial score (nSPS) is 28.3. The Morgan fingerprint density at radius 2 is 2.29 bits per heavy atom. The SMILES string of the molecule is CCC1CC(NOCC(C)C)CCO1. The van der Waals surface area contributed by atoms with Gasteiger partial charge < -0.3 is 9.57 Å². The Kier molecular flexibility index (Phi) is 5.45. The first kappa shape index (κ1) is 12.0. The second kappa shape index (κ2) is 6.38. The first-order valence-electron chi connectivity index (χ1n) is 5.71. The molecule has 0 radical (unpaired) electrons. The molecule has 0 aromatic heterocycles. The molecule has 0 aromatic carbocycles. The monoisotopic (exact) mass is 201 g/mol. The lowest BCUT2D eigenvalue weighted by atomic mass is 10.0. The van der Waals surface area contributed by atoms with Crippen LogP contribution in [0.25, 0.3) is 0 Å². The van der Waals surface area contributed by atoms with Crippen molar-refractivity contribution in [2.45, 2.75) is 52.2 Å².